The second-order valence-corrected chi connectivity index (χ2v) is 7.06. The first-order chi connectivity index (χ1) is 15.0. The first kappa shape index (κ1) is 30.1. The van der Waals surface area contributed by atoms with Crippen molar-refractivity contribution in [3.05, 3.63) is 35.9 Å². The number of nitrogens with one attached hydrogen (secondary N) is 1. The number of hydrogen-bond donors (Lipinski definition) is 2. The lowest BCUT2D eigenvalue weighted by molar-refractivity contribution is -0.457. The fraction of sp³-hybridized carbons (Fsp3) is 0.647. The molecule has 0 radical (unpaired) electrons. The van der Waals surface area contributed by atoms with Crippen LogP contribution in [0.25, 0.3) is 0 Å². The van der Waals surface area contributed by atoms with Crippen molar-refractivity contribution in [2.24, 2.45) is 0 Å². The van der Waals surface area contributed by atoms with Crippen LogP contribution in [0.1, 0.15) is 12.0 Å². The van der Waals surface area contributed by atoms with Gasteiger partial charge in [0.1, 0.15) is 0 Å². The topological polar surface area (TPSA) is 32.3 Å². The van der Waals surface area contributed by atoms with Crippen molar-refractivity contribution in [1.29, 1.82) is 0 Å². The maximum Gasteiger partial charge on any atom is 0.438 e. The van der Waals surface area contributed by atoms with Gasteiger partial charge in [-0.25, -0.2) is 4.39 Å². The van der Waals surface area contributed by atoms with Crippen LogP contribution in [0.5, 0.6) is 0 Å². The monoisotopic (exact) mass is 533 g/mol. The highest BCUT2D eigenvalue weighted by Gasteiger charge is 2.95. The number of alkyl halides is 15. The molecule has 0 saturated carbocycles. The van der Waals surface area contributed by atoms with Crippen molar-refractivity contribution in [2.75, 3.05) is 6.54 Å². The minimum atomic E-state index is -8.46. The molecule has 0 fully saturated rings. The molecule has 1 unspecified atom stereocenters. The zero-order valence-electron chi connectivity index (χ0n) is 16.2. The molecular formula is C17H14F15NO. The minimum Gasteiger partial charge on any atom is -0.392 e. The highest BCUT2D eigenvalue weighted by molar-refractivity contribution is 5.17. The number of aliphatic hydroxyl groups is 1. The first-order valence-corrected chi connectivity index (χ1v) is 8.73. The van der Waals surface area contributed by atoms with Crippen LogP contribution in [0.15, 0.2) is 30.3 Å². The standard InChI is InChI=1S/C17H14F15NO/c18-11(19,6-10(34)8-33-7-9-4-2-1-3-5-9)13(21,22)15(25,26)14(23,24)12(20,16(27,28)29)17(30,31)32/h1-5,10,33-34H,6-8H2. The molecule has 17 heteroatoms. The summed E-state index contributed by atoms with van der Waals surface area (Å²) in [4.78, 5) is 0. The van der Waals surface area contributed by atoms with E-state index >= 15 is 0 Å². The van der Waals surface area contributed by atoms with Gasteiger partial charge in [0.25, 0.3) is 0 Å². The molecule has 0 aliphatic carbocycles. The highest BCUT2D eigenvalue weighted by Crippen LogP contribution is 2.64. The van der Waals surface area contributed by atoms with E-state index in [-0.39, 0.29) is 6.54 Å². The van der Waals surface area contributed by atoms with E-state index in [4.69, 9.17) is 0 Å². The Morgan fingerprint density at radius 2 is 1.09 bits per heavy atom. The summed E-state index contributed by atoms with van der Waals surface area (Å²) in [6.45, 7) is -1.28. The lowest BCUT2D eigenvalue weighted by atomic mass is 9.85. The van der Waals surface area contributed by atoms with E-state index in [2.05, 4.69) is 5.32 Å². The van der Waals surface area contributed by atoms with E-state index in [0.717, 1.165) is 0 Å². The SMILES string of the molecule is OC(CNCc1ccccc1)CC(F)(F)C(F)(F)C(F)(F)C(F)(F)C(F)(C(F)(F)F)C(F)(F)F. The molecule has 2 N–H and O–H groups in total. The third-order valence-electron chi connectivity index (χ3n) is 4.51. The molecule has 1 atom stereocenters. The quantitative estimate of drug-likeness (QED) is 0.367. The number of halogens is 15. The van der Waals surface area contributed by atoms with Gasteiger partial charge in [-0.2, -0.15) is 61.5 Å². The molecule has 0 aliphatic heterocycles. The van der Waals surface area contributed by atoms with Crippen LogP contribution in [0.3, 0.4) is 0 Å². The van der Waals surface area contributed by atoms with Crippen molar-refractivity contribution >= 4 is 0 Å². The third-order valence-corrected chi connectivity index (χ3v) is 4.51. The first-order valence-electron chi connectivity index (χ1n) is 8.73. The van der Waals surface area contributed by atoms with E-state index in [0.29, 0.717) is 5.56 Å². The van der Waals surface area contributed by atoms with Gasteiger partial charge in [-0.1, -0.05) is 30.3 Å². The second-order valence-electron chi connectivity index (χ2n) is 7.06. The Morgan fingerprint density at radius 3 is 1.50 bits per heavy atom. The van der Waals surface area contributed by atoms with Crippen LogP contribution < -0.4 is 5.32 Å². The molecule has 0 saturated heterocycles. The van der Waals surface area contributed by atoms with E-state index in [9.17, 15) is 71.0 Å². The number of benzene rings is 1. The fourth-order valence-electron chi connectivity index (χ4n) is 2.64. The van der Waals surface area contributed by atoms with E-state index < -0.39 is 60.8 Å². The van der Waals surface area contributed by atoms with E-state index in [1.54, 1.807) is 6.07 Å². The molecule has 2 nitrogen and oxygen atoms in total. The summed E-state index contributed by atoms with van der Waals surface area (Å²) in [5, 5.41) is 11.6. The number of hydrogen-bond acceptors (Lipinski definition) is 2. The molecule has 1 aromatic rings. The van der Waals surface area contributed by atoms with Gasteiger partial charge in [-0.05, 0) is 5.56 Å². The Morgan fingerprint density at radius 1 is 0.647 bits per heavy atom. The molecule has 198 valence electrons. The summed E-state index contributed by atoms with van der Waals surface area (Å²) in [5.74, 6) is -30.9. The normalized spacial score (nSPS) is 16.0. The zero-order chi connectivity index (χ0) is 27.0. The average molecular weight is 533 g/mol. The van der Waals surface area contributed by atoms with Gasteiger partial charge in [0.2, 0.25) is 0 Å². The van der Waals surface area contributed by atoms with Crippen LogP contribution in [-0.4, -0.2) is 59.5 Å². The van der Waals surface area contributed by atoms with Crippen molar-refractivity contribution in [3.8, 4) is 0 Å². The Kier molecular flexibility index (Phi) is 8.22. The van der Waals surface area contributed by atoms with Crippen LogP contribution in [-0.2, 0) is 6.54 Å². The highest BCUT2D eigenvalue weighted by atomic mass is 19.4. The van der Waals surface area contributed by atoms with Crippen LogP contribution in [0.2, 0.25) is 0 Å². The molecule has 34 heavy (non-hydrogen) atoms. The van der Waals surface area contributed by atoms with Gasteiger partial charge in [0, 0.05) is 19.5 Å². The second kappa shape index (κ2) is 9.28. The van der Waals surface area contributed by atoms with Gasteiger partial charge in [0.15, 0.2) is 0 Å². The molecular weight excluding hydrogens is 519 g/mol. The van der Waals surface area contributed by atoms with Crippen molar-refractivity contribution in [2.45, 2.75) is 60.8 Å². The Hall–Kier alpha value is -1.91. The maximum atomic E-state index is 13.8. The van der Waals surface area contributed by atoms with Gasteiger partial charge in [-0.15, -0.1) is 0 Å². The van der Waals surface area contributed by atoms with Crippen molar-refractivity contribution in [1.82, 2.24) is 5.32 Å². The van der Waals surface area contributed by atoms with Gasteiger partial charge in [-0.3, -0.25) is 0 Å². The summed E-state index contributed by atoms with van der Waals surface area (Å²) in [6.07, 6.45) is -21.5. The Labute approximate surface area is 180 Å². The number of aliphatic hydroxyl groups excluding tert-OH is 1. The molecule has 0 aromatic heterocycles. The van der Waals surface area contributed by atoms with Crippen molar-refractivity contribution in [3.63, 3.8) is 0 Å². The predicted octanol–water partition coefficient (Wildman–Crippen LogP) is 5.90. The minimum absolute atomic E-state index is 0.213. The lowest BCUT2D eigenvalue weighted by Crippen LogP contribution is -2.75. The Balaban J connectivity index is 3.19. The van der Waals surface area contributed by atoms with Crippen LogP contribution >= 0.6 is 0 Å². The maximum absolute atomic E-state index is 13.8. The van der Waals surface area contributed by atoms with Gasteiger partial charge in [0.05, 0.1) is 6.10 Å². The molecule has 0 spiro atoms. The average Bonchev–Trinajstić information content (AvgIpc) is 2.65. The molecule has 0 heterocycles. The molecule has 1 rings (SSSR count). The Bertz CT molecular complexity index is 789. The molecule has 0 bridgehead atoms. The summed E-state index contributed by atoms with van der Waals surface area (Å²) in [7, 11) is 0. The predicted molar refractivity (Wildman–Crippen MR) is 84.5 cm³/mol. The van der Waals surface area contributed by atoms with Crippen LogP contribution in [0.4, 0.5) is 65.9 Å². The van der Waals surface area contributed by atoms with Crippen LogP contribution in [0, 0.1) is 0 Å². The fourth-order valence-corrected chi connectivity index (χ4v) is 2.64. The molecule has 0 amide bonds. The third kappa shape index (κ3) is 5.04. The lowest BCUT2D eigenvalue weighted by Gasteiger charge is -2.43. The van der Waals surface area contributed by atoms with Gasteiger partial charge < -0.3 is 10.4 Å². The smallest absolute Gasteiger partial charge is 0.392 e. The largest absolute Gasteiger partial charge is 0.438 e. The summed E-state index contributed by atoms with van der Waals surface area (Å²) < 4.78 is 197. The molecule has 1 aromatic carbocycles. The van der Waals surface area contributed by atoms with Gasteiger partial charge >= 0.3 is 41.7 Å². The summed E-state index contributed by atoms with van der Waals surface area (Å²) >= 11 is 0. The zero-order valence-corrected chi connectivity index (χ0v) is 16.2. The summed E-state index contributed by atoms with van der Waals surface area (Å²) in [5.41, 5.74) is -7.89. The molecule has 0 aliphatic rings. The van der Waals surface area contributed by atoms with Crippen molar-refractivity contribution < 1.29 is 71.0 Å². The number of rotatable bonds is 10. The van der Waals surface area contributed by atoms with E-state index in [1.165, 1.54) is 24.3 Å². The summed E-state index contributed by atoms with van der Waals surface area (Å²) in [6, 6.07) is 7.46. The van der Waals surface area contributed by atoms with E-state index in [1.807, 2.05) is 0 Å².